The summed E-state index contributed by atoms with van der Waals surface area (Å²) in [7, 11) is 0. The van der Waals surface area contributed by atoms with E-state index in [1.165, 1.54) is 24.2 Å². The molecule has 1 rings (SSSR count). The van der Waals surface area contributed by atoms with E-state index in [0.29, 0.717) is 6.04 Å². The van der Waals surface area contributed by atoms with Crippen molar-refractivity contribution in [2.24, 2.45) is 0 Å². The van der Waals surface area contributed by atoms with E-state index >= 15 is 0 Å². The third-order valence-corrected chi connectivity index (χ3v) is 3.61. The quantitative estimate of drug-likeness (QED) is 0.703. The van der Waals surface area contributed by atoms with Gasteiger partial charge in [-0.1, -0.05) is 12.1 Å². The molecule has 1 atom stereocenters. The fourth-order valence-corrected chi connectivity index (χ4v) is 2.27. The molecule has 0 amide bonds. The van der Waals surface area contributed by atoms with Crippen molar-refractivity contribution in [1.29, 1.82) is 5.26 Å². The van der Waals surface area contributed by atoms with Crippen molar-refractivity contribution in [2.75, 3.05) is 25.2 Å². The number of benzene rings is 1. The van der Waals surface area contributed by atoms with Crippen LogP contribution in [0.5, 0.6) is 5.75 Å². The first-order valence-electron chi connectivity index (χ1n) is 6.60. The van der Waals surface area contributed by atoms with Crippen molar-refractivity contribution in [2.45, 2.75) is 25.8 Å². The van der Waals surface area contributed by atoms with E-state index < -0.39 is 0 Å². The minimum atomic E-state index is 0.0998. The molecular formula is C15H22N2OS. The van der Waals surface area contributed by atoms with E-state index in [-0.39, 0.29) is 6.61 Å². The molecule has 0 aromatic heterocycles. The highest BCUT2D eigenvalue weighted by atomic mass is 32.2. The molecule has 0 aliphatic rings. The largest absolute Gasteiger partial charge is 0.479 e. The Hall–Kier alpha value is -1.18. The molecule has 1 N–H and O–H groups in total. The summed E-state index contributed by atoms with van der Waals surface area (Å²) >= 11 is 1.90. The molecule has 0 aliphatic heterocycles. The Morgan fingerprint density at radius 2 is 2.05 bits per heavy atom. The predicted molar refractivity (Wildman–Crippen MR) is 81.6 cm³/mol. The van der Waals surface area contributed by atoms with Crippen LogP contribution in [-0.2, 0) is 0 Å². The average Bonchev–Trinajstić information content (AvgIpc) is 2.45. The second-order valence-corrected chi connectivity index (χ2v) is 5.38. The van der Waals surface area contributed by atoms with Crippen LogP contribution in [0, 0.1) is 11.3 Å². The van der Waals surface area contributed by atoms with Gasteiger partial charge >= 0.3 is 0 Å². The van der Waals surface area contributed by atoms with Gasteiger partial charge in [0, 0.05) is 6.04 Å². The van der Waals surface area contributed by atoms with Gasteiger partial charge in [0.2, 0.25) is 0 Å². The van der Waals surface area contributed by atoms with Gasteiger partial charge in [0.1, 0.15) is 11.8 Å². The Labute approximate surface area is 120 Å². The minimum Gasteiger partial charge on any atom is -0.479 e. The molecule has 0 spiro atoms. The molecule has 4 heteroatoms. The molecule has 0 heterocycles. The molecule has 104 valence electrons. The summed E-state index contributed by atoms with van der Waals surface area (Å²) in [5, 5.41) is 12.0. The van der Waals surface area contributed by atoms with Crippen LogP contribution < -0.4 is 10.1 Å². The van der Waals surface area contributed by atoms with Gasteiger partial charge in [-0.3, -0.25) is 0 Å². The second-order valence-electron chi connectivity index (χ2n) is 4.39. The van der Waals surface area contributed by atoms with Crippen molar-refractivity contribution in [3.8, 4) is 11.8 Å². The average molecular weight is 278 g/mol. The summed E-state index contributed by atoms with van der Waals surface area (Å²) in [6.45, 7) is 3.32. The number of unbranched alkanes of at least 4 members (excludes halogenated alkanes) is 1. The van der Waals surface area contributed by atoms with Crippen molar-refractivity contribution < 1.29 is 4.74 Å². The van der Waals surface area contributed by atoms with Gasteiger partial charge in [0.05, 0.1) is 0 Å². The smallest absolute Gasteiger partial charge is 0.174 e. The molecule has 0 saturated heterocycles. The maximum absolute atomic E-state index is 8.44. The zero-order valence-electron chi connectivity index (χ0n) is 11.7. The number of hydrogen-bond donors (Lipinski definition) is 1. The highest BCUT2D eigenvalue weighted by Crippen LogP contribution is 2.17. The molecule has 1 unspecified atom stereocenters. The molecule has 0 bridgehead atoms. The van der Waals surface area contributed by atoms with Crippen LogP contribution in [0.15, 0.2) is 24.3 Å². The number of hydrogen-bond acceptors (Lipinski definition) is 4. The number of nitriles is 1. The van der Waals surface area contributed by atoms with Gasteiger partial charge in [-0.15, -0.1) is 0 Å². The van der Waals surface area contributed by atoms with Gasteiger partial charge in [-0.2, -0.15) is 17.0 Å². The van der Waals surface area contributed by atoms with E-state index in [1.54, 1.807) is 0 Å². The summed E-state index contributed by atoms with van der Waals surface area (Å²) in [6.07, 6.45) is 4.63. The Bertz CT molecular complexity index is 386. The van der Waals surface area contributed by atoms with Crippen molar-refractivity contribution in [3.05, 3.63) is 29.8 Å². The van der Waals surface area contributed by atoms with Gasteiger partial charge in [0.25, 0.3) is 0 Å². The zero-order chi connectivity index (χ0) is 13.9. The fraction of sp³-hybridized carbons (Fsp3) is 0.533. The summed E-state index contributed by atoms with van der Waals surface area (Å²) in [4.78, 5) is 0. The van der Waals surface area contributed by atoms with E-state index in [4.69, 9.17) is 10.00 Å². The monoisotopic (exact) mass is 278 g/mol. The fourth-order valence-electron chi connectivity index (χ4n) is 1.78. The standard InChI is InChI=1S/C15H22N2OS/c1-13(17-10-3-4-12-19-2)14-5-7-15(8-6-14)18-11-9-16/h5-8,13,17H,3-4,10-12H2,1-2H3. The zero-order valence-corrected chi connectivity index (χ0v) is 12.5. The van der Waals surface area contributed by atoms with E-state index in [1.807, 2.05) is 42.1 Å². The first-order chi connectivity index (χ1) is 9.27. The molecule has 19 heavy (non-hydrogen) atoms. The molecular weight excluding hydrogens is 256 g/mol. The van der Waals surface area contributed by atoms with Crippen LogP contribution in [0.3, 0.4) is 0 Å². The third-order valence-electron chi connectivity index (χ3n) is 2.91. The number of nitrogens with one attached hydrogen (secondary N) is 1. The van der Waals surface area contributed by atoms with Gasteiger partial charge < -0.3 is 10.1 Å². The van der Waals surface area contributed by atoms with Gasteiger partial charge in [-0.05, 0) is 56.0 Å². The molecule has 0 radical (unpaired) electrons. The van der Waals surface area contributed by atoms with Crippen LogP contribution in [0.25, 0.3) is 0 Å². The highest BCUT2D eigenvalue weighted by molar-refractivity contribution is 7.98. The van der Waals surface area contributed by atoms with E-state index in [9.17, 15) is 0 Å². The lowest BCUT2D eigenvalue weighted by Crippen LogP contribution is -2.19. The van der Waals surface area contributed by atoms with E-state index in [0.717, 1.165) is 12.3 Å². The number of thioether (sulfide) groups is 1. The Balaban J connectivity index is 2.32. The molecule has 3 nitrogen and oxygen atoms in total. The summed E-state index contributed by atoms with van der Waals surface area (Å²) in [5.41, 5.74) is 1.24. The molecule has 0 aliphatic carbocycles. The first kappa shape index (κ1) is 15.9. The number of nitrogens with zero attached hydrogens (tertiary/aromatic N) is 1. The topological polar surface area (TPSA) is 45.0 Å². The normalized spacial score (nSPS) is 11.8. The Kier molecular flexibility index (Phi) is 8.11. The van der Waals surface area contributed by atoms with Crippen molar-refractivity contribution >= 4 is 11.8 Å². The maximum atomic E-state index is 8.44. The Morgan fingerprint density at radius 1 is 1.32 bits per heavy atom. The molecule has 0 fully saturated rings. The van der Waals surface area contributed by atoms with Crippen molar-refractivity contribution in [1.82, 2.24) is 5.32 Å². The number of rotatable bonds is 9. The van der Waals surface area contributed by atoms with Gasteiger partial charge in [0.15, 0.2) is 6.61 Å². The Morgan fingerprint density at radius 3 is 2.68 bits per heavy atom. The summed E-state index contributed by atoms with van der Waals surface area (Å²) in [6, 6.07) is 10.2. The predicted octanol–water partition coefficient (Wildman–Crippen LogP) is 3.38. The van der Waals surface area contributed by atoms with Crippen LogP contribution in [0.2, 0.25) is 0 Å². The van der Waals surface area contributed by atoms with Crippen LogP contribution in [0.1, 0.15) is 31.4 Å². The minimum absolute atomic E-state index is 0.0998. The summed E-state index contributed by atoms with van der Waals surface area (Å²) < 4.78 is 5.23. The lowest BCUT2D eigenvalue weighted by molar-refractivity contribution is 0.368. The van der Waals surface area contributed by atoms with Crippen LogP contribution in [-0.4, -0.2) is 25.2 Å². The van der Waals surface area contributed by atoms with Crippen LogP contribution >= 0.6 is 11.8 Å². The third kappa shape index (κ3) is 6.51. The lowest BCUT2D eigenvalue weighted by Gasteiger charge is -2.14. The molecule has 1 aromatic carbocycles. The second kappa shape index (κ2) is 9.71. The highest BCUT2D eigenvalue weighted by Gasteiger charge is 2.04. The van der Waals surface area contributed by atoms with Crippen molar-refractivity contribution in [3.63, 3.8) is 0 Å². The number of ether oxygens (including phenoxy) is 1. The molecule has 0 saturated carbocycles. The maximum Gasteiger partial charge on any atom is 0.174 e. The summed E-state index contributed by atoms with van der Waals surface area (Å²) in [5.74, 6) is 1.98. The first-order valence-corrected chi connectivity index (χ1v) is 7.99. The lowest BCUT2D eigenvalue weighted by atomic mass is 10.1. The van der Waals surface area contributed by atoms with E-state index in [2.05, 4.69) is 18.5 Å². The van der Waals surface area contributed by atoms with Gasteiger partial charge in [-0.25, -0.2) is 0 Å². The SMILES string of the molecule is CSCCCCNC(C)c1ccc(OCC#N)cc1. The van der Waals surface area contributed by atoms with Crippen LogP contribution in [0.4, 0.5) is 0 Å². The molecule has 1 aromatic rings.